The minimum atomic E-state index is -4.78. The Morgan fingerprint density at radius 2 is 1.71 bits per heavy atom. The smallest absolute Gasteiger partial charge is 0.321 e. The fourth-order valence-electron chi connectivity index (χ4n) is 1.72. The molecule has 0 atom stereocenters. The lowest BCUT2D eigenvalue weighted by Crippen LogP contribution is -2.21. The van der Waals surface area contributed by atoms with Crippen LogP contribution in [0.15, 0.2) is 42.5 Å². The summed E-state index contributed by atoms with van der Waals surface area (Å²) in [5.41, 5.74) is 5.16. The third-order valence-electron chi connectivity index (χ3n) is 2.69. The van der Waals surface area contributed by atoms with Crippen molar-refractivity contribution in [2.24, 2.45) is 0 Å². The van der Waals surface area contributed by atoms with Gasteiger partial charge in [-0.3, -0.25) is 0 Å². The van der Waals surface area contributed by atoms with Gasteiger partial charge >= 0.3 is 6.18 Å². The SMILES string of the molecule is Fc1c(Cl)cc(CNNc2ccccc2)cc1C(F)(F)F. The van der Waals surface area contributed by atoms with Crippen LogP contribution in [0.3, 0.4) is 0 Å². The number of anilines is 1. The maximum atomic E-state index is 13.4. The van der Waals surface area contributed by atoms with Crippen LogP contribution in [0.1, 0.15) is 11.1 Å². The van der Waals surface area contributed by atoms with E-state index in [2.05, 4.69) is 10.9 Å². The first kappa shape index (κ1) is 15.6. The van der Waals surface area contributed by atoms with E-state index in [-0.39, 0.29) is 12.1 Å². The first-order valence-electron chi connectivity index (χ1n) is 5.97. The molecule has 0 radical (unpaired) electrons. The largest absolute Gasteiger partial charge is 0.419 e. The van der Waals surface area contributed by atoms with Crippen molar-refractivity contribution in [2.45, 2.75) is 12.7 Å². The second-order valence-electron chi connectivity index (χ2n) is 4.28. The van der Waals surface area contributed by atoms with Gasteiger partial charge in [0.25, 0.3) is 0 Å². The average molecular weight is 319 g/mol. The van der Waals surface area contributed by atoms with Gasteiger partial charge in [0.15, 0.2) is 5.82 Å². The Morgan fingerprint density at radius 3 is 2.33 bits per heavy atom. The number of hydrogen-bond donors (Lipinski definition) is 2. The second kappa shape index (κ2) is 6.32. The first-order chi connectivity index (χ1) is 9.88. The molecule has 21 heavy (non-hydrogen) atoms. The van der Waals surface area contributed by atoms with Gasteiger partial charge in [-0.1, -0.05) is 29.8 Å². The van der Waals surface area contributed by atoms with Crippen LogP contribution in [-0.4, -0.2) is 0 Å². The van der Waals surface area contributed by atoms with Crippen LogP contribution >= 0.6 is 11.6 Å². The van der Waals surface area contributed by atoms with Gasteiger partial charge in [0, 0.05) is 12.2 Å². The molecule has 0 heterocycles. The third kappa shape index (κ3) is 4.09. The molecule has 0 saturated carbocycles. The number of alkyl halides is 3. The second-order valence-corrected chi connectivity index (χ2v) is 4.69. The monoisotopic (exact) mass is 318 g/mol. The van der Waals surface area contributed by atoms with E-state index in [0.717, 1.165) is 17.8 Å². The van der Waals surface area contributed by atoms with Crippen LogP contribution in [0.5, 0.6) is 0 Å². The molecule has 112 valence electrons. The zero-order valence-corrected chi connectivity index (χ0v) is 11.4. The van der Waals surface area contributed by atoms with Crippen molar-refractivity contribution in [3.63, 3.8) is 0 Å². The molecule has 2 aromatic carbocycles. The van der Waals surface area contributed by atoms with Gasteiger partial charge in [-0.2, -0.15) is 13.2 Å². The number of rotatable bonds is 4. The molecular formula is C14H11ClF4N2. The van der Waals surface area contributed by atoms with Gasteiger partial charge in [-0.25, -0.2) is 9.82 Å². The maximum absolute atomic E-state index is 13.4. The lowest BCUT2D eigenvalue weighted by atomic mass is 10.1. The predicted octanol–water partition coefficient (Wildman–Crippen LogP) is 4.61. The quantitative estimate of drug-likeness (QED) is 0.635. The molecule has 0 bridgehead atoms. The van der Waals surface area contributed by atoms with Crippen LogP contribution < -0.4 is 10.9 Å². The van der Waals surface area contributed by atoms with E-state index in [1.54, 1.807) is 24.3 Å². The molecule has 0 aliphatic rings. The highest BCUT2D eigenvalue weighted by atomic mass is 35.5. The summed E-state index contributed by atoms with van der Waals surface area (Å²) < 4.78 is 51.4. The standard InChI is InChI=1S/C14H11ClF4N2/c15-12-7-9(6-11(13(12)16)14(17,18)19)8-20-21-10-4-2-1-3-5-10/h1-7,20-21H,8H2. The number of halogens is 5. The van der Waals surface area contributed by atoms with Crippen LogP contribution in [-0.2, 0) is 12.7 Å². The lowest BCUT2D eigenvalue weighted by molar-refractivity contribution is -0.140. The number of benzene rings is 2. The topological polar surface area (TPSA) is 24.1 Å². The fraction of sp³-hybridized carbons (Fsp3) is 0.143. The Hall–Kier alpha value is -1.79. The highest BCUT2D eigenvalue weighted by molar-refractivity contribution is 6.30. The van der Waals surface area contributed by atoms with Gasteiger partial charge in [0.2, 0.25) is 0 Å². The highest BCUT2D eigenvalue weighted by Crippen LogP contribution is 2.34. The Morgan fingerprint density at radius 1 is 1.05 bits per heavy atom. The molecule has 2 N–H and O–H groups in total. The lowest BCUT2D eigenvalue weighted by Gasteiger charge is -2.13. The molecule has 0 amide bonds. The summed E-state index contributed by atoms with van der Waals surface area (Å²) in [6, 6.07) is 10.9. The minimum Gasteiger partial charge on any atom is -0.321 e. The third-order valence-corrected chi connectivity index (χ3v) is 2.97. The molecule has 2 aromatic rings. The summed E-state index contributed by atoms with van der Waals surface area (Å²) in [7, 11) is 0. The van der Waals surface area contributed by atoms with Crippen LogP contribution in [0, 0.1) is 5.82 Å². The van der Waals surface area contributed by atoms with Crippen molar-refractivity contribution in [2.75, 3.05) is 5.43 Å². The molecule has 0 aliphatic carbocycles. The van der Waals surface area contributed by atoms with E-state index in [1.807, 2.05) is 6.07 Å². The van der Waals surface area contributed by atoms with E-state index < -0.39 is 22.6 Å². The van der Waals surface area contributed by atoms with Crippen molar-refractivity contribution >= 4 is 17.3 Å². The molecule has 7 heteroatoms. The molecule has 0 fully saturated rings. The number of nitrogens with one attached hydrogen (secondary N) is 2. The number of para-hydroxylation sites is 1. The van der Waals surface area contributed by atoms with E-state index in [1.165, 1.54) is 0 Å². The summed E-state index contributed by atoms with van der Waals surface area (Å²) in [6.45, 7) is 0.0535. The molecule has 0 spiro atoms. The van der Waals surface area contributed by atoms with E-state index >= 15 is 0 Å². The van der Waals surface area contributed by atoms with Crippen LogP contribution in [0.4, 0.5) is 23.2 Å². The normalized spacial score (nSPS) is 11.5. The number of hydrazine groups is 1. The maximum Gasteiger partial charge on any atom is 0.419 e. The van der Waals surface area contributed by atoms with Crippen molar-refractivity contribution < 1.29 is 17.6 Å². The van der Waals surface area contributed by atoms with Crippen molar-refractivity contribution in [1.29, 1.82) is 0 Å². The van der Waals surface area contributed by atoms with E-state index in [9.17, 15) is 17.6 Å². The van der Waals surface area contributed by atoms with E-state index in [0.29, 0.717) is 0 Å². The molecule has 0 aliphatic heterocycles. The first-order valence-corrected chi connectivity index (χ1v) is 6.35. The Balaban J connectivity index is 2.09. The van der Waals surface area contributed by atoms with Gasteiger partial charge in [0.05, 0.1) is 10.6 Å². The van der Waals surface area contributed by atoms with E-state index in [4.69, 9.17) is 11.6 Å². The molecule has 0 aromatic heterocycles. The van der Waals surface area contributed by atoms with Gasteiger partial charge in [0.1, 0.15) is 0 Å². The minimum absolute atomic E-state index is 0.0535. The number of hydrogen-bond acceptors (Lipinski definition) is 2. The molecule has 0 saturated heterocycles. The van der Waals surface area contributed by atoms with Crippen molar-refractivity contribution in [3.8, 4) is 0 Å². The van der Waals surface area contributed by atoms with Gasteiger partial charge in [-0.05, 0) is 29.8 Å². The average Bonchev–Trinajstić information content (AvgIpc) is 2.42. The highest BCUT2D eigenvalue weighted by Gasteiger charge is 2.35. The summed E-state index contributed by atoms with van der Waals surface area (Å²) in [6.07, 6.45) is -4.78. The summed E-state index contributed by atoms with van der Waals surface area (Å²) in [5, 5.41) is -0.554. The molecule has 2 nitrogen and oxygen atoms in total. The van der Waals surface area contributed by atoms with Crippen molar-refractivity contribution in [3.05, 3.63) is 64.4 Å². The summed E-state index contributed by atoms with van der Waals surface area (Å²) in [4.78, 5) is 0. The van der Waals surface area contributed by atoms with Crippen LogP contribution in [0.2, 0.25) is 5.02 Å². The predicted molar refractivity (Wildman–Crippen MR) is 73.3 cm³/mol. The van der Waals surface area contributed by atoms with Gasteiger partial charge in [-0.15, -0.1) is 0 Å². The van der Waals surface area contributed by atoms with Crippen LogP contribution in [0.25, 0.3) is 0 Å². The zero-order chi connectivity index (χ0) is 15.5. The Bertz CT molecular complexity index is 614. The van der Waals surface area contributed by atoms with Crippen molar-refractivity contribution in [1.82, 2.24) is 5.43 Å². The Labute approximate surface area is 123 Å². The fourth-order valence-corrected chi connectivity index (χ4v) is 1.97. The van der Waals surface area contributed by atoms with Gasteiger partial charge < -0.3 is 5.43 Å². The summed E-state index contributed by atoms with van der Waals surface area (Å²) >= 11 is 5.50. The summed E-state index contributed by atoms with van der Waals surface area (Å²) in [5.74, 6) is -1.45. The molecule has 2 rings (SSSR count). The molecular weight excluding hydrogens is 308 g/mol. The Kier molecular flexibility index (Phi) is 4.69. The zero-order valence-electron chi connectivity index (χ0n) is 10.6. The molecule has 0 unspecified atom stereocenters.